The number of nitrogens with zero attached hydrogens (tertiary/aromatic N) is 2. The zero-order valence-corrected chi connectivity index (χ0v) is 9.72. The van der Waals surface area contributed by atoms with Gasteiger partial charge in [-0.15, -0.1) is 0 Å². The van der Waals surface area contributed by atoms with E-state index in [1.54, 1.807) is 0 Å². The Morgan fingerprint density at radius 3 is 2.94 bits per heavy atom. The van der Waals surface area contributed by atoms with E-state index in [4.69, 9.17) is 10.3 Å². The first-order valence-corrected chi connectivity index (χ1v) is 6.30. The molecule has 4 unspecified atom stereocenters. The summed E-state index contributed by atoms with van der Waals surface area (Å²) in [5.41, 5.74) is 5.72. The Bertz CT molecular complexity index is 374. The first-order chi connectivity index (χ1) is 7.72. The average Bonchev–Trinajstić information content (AvgIpc) is 2.89. The van der Waals surface area contributed by atoms with Gasteiger partial charge < -0.3 is 10.3 Å². The minimum Gasteiger partial charge on any atom is -0.339 e. The van der Waals surface area contributed by atoms with Gasteiger partial charge >= 0.3 is 0 Å². The van der Waals surface area contributed by atoms with Gasteiger partial charge in [-0.2, -0.15) is 4.98 Å². The van der Waals surface area contributed by atoms with Crippen molar-refractivity contribution < 1.29 is 4.52 Å². The Morgan fingerprint density at radius 2 is 2.31 bits per heavy atom. The highest BCUT2D eigenvalue weighted by Gasteiger charge is 2.42. The van der Waals surface area contributed by atoms with Gasteiger partial charge in [0.1, 0.15) is 0 Å². The van der Waals surface area contributed by atoms with E-state index in [0.29, 0.717) is 18.2 Å². The topological polar surface area (TPSA) is 64.9 Å². The Balaban J connectivity index is 1.73. The summed E-state index contributed by atoms with van der Waals surface area (Å²) in [6, 6.07) is 0.0910. The third-order valence-electron chi connectivity index (χ3n) is 4.05. The van der Waals surface area contributed by atoms with Crippen LogP contribution in [0.1, 0.15) is 50.2 Å². The van der Waals surface area contributed by atoms with Crippen LogP contribution in [0, 0.1) is 11.8 Å². The highest BCUT2D eigenvalue weighted by Crippen LogP contribution is 2.52. The SMILES string of the molecule is CC(N)Cc1nc(C2CC3CCC2C3)no1. The minimum absolute atomic E-state index is 0.0910. The van der Waals surface area contributed by atoms with Gasteiger partial charge in [-0.1, -0.05) is 11.6 Å². The van der Waals surface area contributed by atoms with Gasteiger partial charge in [0.25, 0.3) is 0 Å². The molecule has 2 bridgehead atoms. The molecule has 4 atom stereocenters. The van der Waals surface area contributed by atoms with Gasteiger partial charge in [0, 0.05) is 18.4 Å². The van der Waals surface area contributed by atoms with Crippen LogP contribution in [-0.2, 0) is 6.42 Å². The van der Waals surface area contributed by atoms with Crippen LogP contribution in [0.2, 0.25) is 0 Å². The van der Waals surface area contributed by atoms with Crippen molar-refractivity contribution in [2.45, 2.75) is 51.0 Å². The molecule has 4 heteroatoms. The van der Waals surface area contributed by atoms with Gasteiger partial charge in [0.05, 0.1) is 0 Å². The molecule has 4 nitrogen and oxygen atoms in total. The van der Waals surface area contributed by atoms with Crippen LogP contribution in [-0.4, -0.2) is 16.2 Å². The smallest absolute Gasteiger partial charge is 0.228 e. The minimum atomic E-state index is 0.0910. The molecule has 3 rings (SSSR count). The van der Waals surface area contributed by atoms with Crippen LogP contribution in [0.5, 0.6) is 0 Å². The maximum atomic E-state index is 5.72. The van der Waals surface area contributed by atoms with Crippen molar-refractivity contribution in [3.63, 3.8) is 0 Å². The van der Waals surface area contributed by atoms with Gasteiger partial charge in [-0.05, 0) is 38.0 Å². The summed E-state index contributed by atoms with van der Waals surface area (Å²) < 4.78 is 5.25. The average molecular weight is 221 g/mol. The molecular formula is C12H19N3O. The molecule has 0 saturated heterocycles. The zero-order chi connectivity index (χ0) is 11.1. The van der Waals surface area contributed by atoms with Crippen molar-refractivity contribution in [1.82, 2.24) is 10.1 Å². The number of nitrogens with two attached hydrogens (primary N) is 1. The molecule has 0 radical (unpaired) electrons. The summed E-state index contributed by atoms with van der Waals surface area (Å²) >= 11 is 0. The predicted molar refractivity (Wildman–Crippen MR) is 59.8 cm³/mol. The fraction of sp³-hybridized carbons (Fsp3) is 0.833. The van der Waals surface area contributed by atoms with Crippen LogP contribution in [0.25, 0.3) is 0 Å². The standard InChI is InChI=1S/C12H19N3O/c1-7(13)4-11-14-12(15-16-11)10-6-8-2-3-9(10)5-8/h7-10H,2-6,13H2,1H3. The molecule has 2 saturated carbocycles. The molecular weight excluding hydrogens is 202 g/mol. The fourth-order valence-corrected chi connectivity index (χ4v) is 3.34. The summed E-state index contributed by atoms with van der Waals surface area (Å²) in [4.78, 5) is 4.49. The van der Waals surface area contributed by atoms with Crippen LogP contribution >= 0.6 is 0 Å². The third-order valence-corrected chi connectivity index (χ3v) is 4.05. The largest absolute Gasteiger partial charge is 0.339 e. The second-order valence-corrected chi connectivity index (χ2v) is 5.51. The van der Waals surface area contributed by atoms with Crippen molar-refractivity contribution in [1.29, 1.82) is 0 Å². The second-order valence-electron chi connectivity index (χ2n) is 5.51. The van der Waals surface area contributed by atoms with Gasteiger partial charge in [0.2, 0.25) is 5.89 Å². The number of fused-ring (bicyclic) bond motifs is 2. The lowest BCUT2D eigenvalue weighted by molar-refractivity contribution is 0.348. The fourth-order valence-electron chi connectivity index (χ4n) is 3.34. The molecule has 2 N–H and O–H groups in total. The highest BCUT2D eigenvalue weighted by atomic mass is 16.5. The molecule has 88 valence electrons. The van der Waals surface area contributed by atoms with E-state index in [0.717, 1.165) is 17.7 Å². The van der Waals surface area contributed by atoms with Crippen molar-refractivity contribution in [3.8, 4) is 0 Å². The number of hydrogen-bond donors (Lipinski definition) is 1. The van der Waals surface area contributed by atoms with E-state index in [2.05, 4.69) is 10.1 Å². The lowest BCUT2D eigenvalue weighted by atomic mass is 9.88. The van der Waals surface area contributed by atoms with Crippen LogP contribution in [0.4, 0.5) is 0 Å². The molecule has 2 aliphatic rings. The molecule has 1 heterocycles. The first-order valence-electron chi connectivity index (χ1n) is 6.30. The maximum Gasteiger partial charge on any atom is 0.228 e. The lowest BCUT2D eigenvalue weighted by Crippen LogP contribution is -2.18. The van der Waals surface area contributed by atoms with Crippen molar-refractivity contribution in [3.05, 3.63) is 11.7 Å². The monoisotopic (exact) mass is 221 g/mol. The van der Waals surface area contributed by atoms with Gasteiger partial charge in [-0.25, -0.2) is 0 Å². The number of rotatable bonds is 3. The maximum absolute atomic E-state index is 5.72. The van der Waals surface area contributed by atoms with Crippen LogP contribution in [0.3, 0.4) is 0 Å². The van der Waals surface area contributed by atoms with E-state index < -0.39 is 0 Å². The lowest BCUT2D eigenvalue weighted by Gasteiger charge is -2.17. The Hall–Kier alpha value is -0.900. The quantitative estimate of drug-likeness (QED) is 0.846. The Morgan fingerprint density at radius 1 is 1.44 bits per heavy atom. The van der Waals surface area contributed by atoms with Crippen LogP contribution in [0.15, 0.2) is 4.52 Å². The van der Waals surface area contributed by atoms with Crippen molar-refractivity contribution in [2.24, 2.45) is 17.6 Å². The normalized spacial score (nSPS) is 34.5. The summed E-state index contributed by atoms with van der Waals surface area (Å²) in [5.74, 6) is 3.93. The molecule has 2 aliphatic carbocycles. The van der Waals surface area contributed by atoms with E-state index in [-0.39, 0.29) is 6.04 Å². The molecule has 0 aliphatic heterocycles. The zero-order valence-electron chi connectivity index (χ0n) is 9.72. The van der Waals surface area contributed by atoms with E-state index in [1.807, 2.05) is 6.92 Å². The summed E-state index contributed by atoms with van der Waals surface area (Å²) in [6.07, 6.45) is 6.09. The van der Waals surface area contributed by atoms with E-state index >= 15 is 0 Å². The molecule has 2 fully saturated rings. The molecule has 1 aromatic heterocycles. The van der Waals surface area contributed by atoms with Crippen molar-refractivity contribution in [2.75, 3.05) is 0 Å². The van der Waals surface area contributed by atoms with Crippen LogP contribution < -0.4 is 5.73 Å². The Kier molecular flexibility index (Phi) is 2.46. The second kappa shape index (κ2) is 3.84. The summed E-state index contributed by atoms with van der Waals surface area (Å²) in [5, 5.41) is 4.13. The molecule has 0 spiro atoms. The summed E-state index contributed by atoms with van der Waals surface area (Å²) in [6.45, 7) is 1.96. The van der Waals surface area contributed by atoms with Gasteiger partial charge in [-0.3, -0.25) is 0 Å². The summed E-state index contributed by atoms with van der Waals surface area (Å²) in [7, 11) is 0. The molecule has 1 aromatic rings. The highest BCUT2D eigenvalue weighted by molar-refractivity contribution is 5.06. The molecule has 0 amide bonds. The number of aromatic nitrogens is 2. The van der Waals surface area contributed by atoms with E-state index in [1.165, 1.54) is 25.7 Å². The van der Waals surface area contributed by atoms with Gasteiger partial charge in [0.15, 0.2) is 5.82 Å². The first kappa shape index (κ1) is 10.3. The Labute approximate surface area is 95.6 Å². The third kappa shape index (κ3) is 1.75. The van der Waals surface area contributed by atoms with E-state index in [9.17, 15) is 0 Å². The molecule has 0 aromatic carbocycles. The predicted octanol–water partition coefficient (Wildman–Crippen LogP) is 1.86. The number of hydrogen-bond acceptors (Lipinski definition) is 4. The molecule has 16 heavy (non-hydrogen) atoms. The van der Waals surface area contributed by atoms with Crippen molar-refractivity contribution >= 4 is 0 Å².